The first kappa shape index (κ1) is 11.9. The Labute approximate surface area is 102 Å². The van der Waals surface area contributed by atoms with Crippen LogP contribution >= 0.6 is 0 Å². The minimum atomic E-state index is 0.0456. The normalized spacial score (nSPS) is 16.7. The van der Waals surface area contributed by atoms with Crippen molar-refractivity contribution in [1.29, 1.82) is 0 Å². The fourth-order valence-corrected chi connectivity index (χ4v) is 2.02. The van der Waals surface area contributed by atoms with Gasteiger partial charge in [-0.25, -0.2) is 0 Å². The molecule has 1 aliphatic rings. The topological polar surface area (TPSA) is 46.3 Å². The summed E-state index contributed by atoms with van der Waals surface area (Å²) in [6.45, 7) is 3.18. The van der Waals surface area contributed by atoms with Crippen molar-refractivity contribution >= 4 is 11.5 Å². The van der Waals surface area contributed by atoms with Crippen LogP contribution in [0.1, 0.15) is 23.2 Å². The van der Waals surface area contributed by atoms with Crippen LogP contribution in [-0.2, 0) is 0 Å². The number of anilines is 1. The van der Waals surface area contributed by atoms with Crippen molar-refractivity contribution in [3.05, 3.63) is 42.0 Å². The molecule has 1 saturated heterocycles. The molecule has 0 bridgehead atoms. The molecule has 90 valence electrons. The Kier molecular flexibility index (Phi) is 3.94. The smallest absolute Gasteiger partial charge is 0.185 e. The molecule has 0 spiro atoms. The zero-order valence-corrected chi connectivity index (χ0v) is 9.93. The highest BCUT2D eigenvalue weighted by Gasteiger charge is 2.09. The van der Waals surface area contributed by atoms with Crippen molar-refractivity contribution in [2.45, 2.75) is 12.8 Å². The molecule has 1 aromatic carbocycles. The molecule has 2 N–H and O–H groups in total. The highest BCUT2D eigenvalue weighted by atomic mass is 16.1. The molecule has 0 unspecified atom stereocenters. The van der Waals surface area contributed by atoms with E-state index in [1.54, 1.807) is 30.3 Å². The molecule has 0 aliphatic carbocycles. The highest BCUT2D eigenvalue weighted by molar-refractivity contribution is 6.04. The largest absolute Gasteiger partial charge is 0.399 e. The number of carbonyl (C=O) groups is 1. The Morgan fingerprint density at radius 3 is 2.53 bits per heavy atom. The Hall–Kier alpha value is -1.61. The van der Waals surface area contributed by atoms with Crippen LogP contribution in [0, 0.1) is 0 Å². The predicted octanol–water partition coefficient (Wildman–Crippen LogP) is 2.10. The van der Waals surface area contributed by atoms with Gasteiger partial charge in [0.25, 0.3) is 0 Å². The molecule has 2 rings (SSSR count). The molecular weight excluding hydrogens is 212 g/mol. The molecule has 1 heterocycles. The summed E-state index contributed by atoms with van der Waals surface area (Å²) in [6.07, 6.45) is 6.16. The molecule has 0 saturated carbocycles. The average molecular weight is 230 g/mol. The van der Waals surface area contributed by atoms with Gasteiger partial charge in [-0.15, -0.1) is 0 Å². The molecule has 3 heteroatoms. The van der Waals surface area contributed by atoms with E-state index in [1.807, 2.05) is 6.08 Å². The molecule has 3 nitrogen and oxygen atoms in total. The molecule has 17 heavy (non-hydrogen) atoms. The Balaban J connectivity index is 1.87. The van der Waals surface area contributed by atoms with Gasteiger partial charge < -0.3 is 5.73 Å². The fourth-order valence-electron chi connectivity index (χ4n) is 2.02. The number of ketones is 1. The van der Waals surface area contributed by atoms with Crippen LogP contribution in [0.3, 0.4) is 0 Å². The summed E-state index contributed by atoms with van der Waals surface area (Å²) in [5, 5.41) is 0. The van der Waals surface area contributed by atoms with Gasteiger partial charge in [0.05, 0.1) is 0 Å². The second-order valence-corrected chi connectivity index (χ2v) is 4.40. The summed E-state index contributed by atoms with van der Waals surface area (Å²) in [5.41, 5.74) is 6.95. The van der Waals surface area contributed by atoms with E-state index >= 15 is 0 Å². The van der Waals surface area contributed by atoms with Crippen LogP contribution in [0.25, 0.3) is 0 Å². The lowest BCUT2D eigenvalue weighted by atomic mass is 10.1. The first-order chi connectivity index (χ1) is 8.25. The molecule has 1 aliphatic heterocycles. The van der Waals surface area contributed by atoms with E-state index in [2.05, 4.69) is 4.90 Å². The SMILES string of the molecule is Nc1ccc(C(=O)C=CCN2CCCC2)cc1. The molecule has 0 atom stereocenters. The average Bonchev–Trinajstić information content (AvgIpc) is 2.83. The number of likely N-dealkylation sites (tertiary alicyclic amines) is 1. The molecular formula is C14H18N2O. The summed E-state index contributed by atoms with van der Waals surface area (Å²) in [6, 6.07) is 7.03. The van der Waals surface area contributed by atoms with Gasteiger partial charge in [0.15, 0.2) is 5.78 Å². The Morgan fingerprint density at radius 1 is 1.24 bits per heavy atom. The zero-order chi connectivity index (χ0) is 12.1. The summed E-state index contributed by atoms with van der Waals surface area (Å²) in [4.78, 5) is 14.1. The van der Waals surface area contributed by atoms with Gasteiger partial charge in [0, 0.05) is 17.8 Å². The van der Waals surface area contributed by atoms with Gasteiger partial charge in [-0.2, -0.15) is 0 Å². The Morgan fingerprint density at radius 2 is 1.88 bits per heavy atom. The molecule has 0 amide bonds. The van der Waals surface area contributed by atoms with E-state index in [1.165, 1.54) is 12.8 Å². The number of benzene rings is 1. The van der Waals surface area contributed by atoms with E-state index in [0.29, 0.717) is 11.3 Å². The first-order valence-corrected chi connectivity index (χ1v) is 6.04. The van der Waals surface area contributed by atoms with Crippen molar-refractivity contribution in [2.75, 3.05) is 25.4 Å². The quantitative estimate of drug-likeness (QED) is 0.489. The predicted molar refractivity (Wildman–Crippen MR) is 70.0 cm³/mol. The van der Waals surface area contributed by atoms with Crippen LogP contribution in [0.4, 0.5) is 5.69 Å². The van der Waals surface area contributed by atoms with E-state index < -0.39 is 0 Å². The lowest BCUT2D eigenvalue weighted by Crippen LogP contribution is -2.18. The molecule has 1 fully saturated rings. The van der Waals surface area contributed by atoms with Crippen molar-refractivity contribution in [3.63, 3.8) is 0 Å². The second-order valence-electron chi connectivity index (χ2n) is 4.40. The number of nitrogens with zero attached hydrogens (tertiary/aromatic N) is 1. The van der Waals surface area contributed by atoms with Crippen molar-refractivity contribution in [1.82, 2.24) is 4.90 Å². The molecule has 1 aromatic rings. The summed E-state index contributed by atoms with van der Waals surface area (Å²) in [7, 11) is 0. The van der Waals surface area contributed by atoms with Crippen LogP contribution in [0.2, 0.25) is 0 Å². The highest BCUT2D eigenvalue weighted by Crippen LogP contribution is 2.08. The number of hydrogen-bond donors (Lipinski definition) is 1. The van der Waals surface area contributed by atoms with Crippen LogP contribution in [0.15, 0.2) is 36.4 Å². The fraction of sp³-hybridized carbons (Fsp3) is 0.357. The second kappa shape index (κ2) is 5.64. The number of nitrogens with two attached hydrogens (primary N) is 1. The minimum absolute atomic E-state index is 0.0456. The third-order valence-corrected chi connectivity index (χ3v) is 3.03. The van der Waals surface area contributed by atoms with E-state index in [4.69, 9.17) is 5.73 Å². The number of rotatable bonds is 4. The van der Waals surface area contributed by atoms with Gasteiger partial charge >= 0.3 is 0 Å². The van der Waals surface area contributed by atoms with Crippen LogP contribution in [-0.4, -0.2) is 30.3 Å². The first-order valence-electron chi connectivity index (χ1n) is 6.04. The molecule has 0 aromatic heterocycles. The van der Waals surface area contributed by atoms with Crippen molar-refractivity contribution < 1.29 is 4.79 Å². The third kappa shape index (κ3) is 3.43. The van der Waals surface area contributed by atoms with Gasteiger partial charge in [0.2, 0.25) is 0 Å². The number of hydrogen-bond acceptors (Lipinski definition) is 3. The molecule has 0 radical (unpaired) electrons. The maximum absolute atomic E-state index is 11.8. The lowest BCUT2D eigenvalue weighted by Gasteiger charge is -2.10. The zero-order valence-electron chi connectivity index (χ0n) is 9.93. The van der Waals surface area contributed by atoms with E-state index in [-0.39, 0.29) is 5.78 Å². The van der Waals surface area contributed by atoms with Gasteiger partial charge in [-0.1, -0.05) is 6.08 Å². The third-order valence-electron chi connectivity index (χ3n) is 3.03. The maximum atomic E-state index is 11.8. The van der Waals surface area contributed by atoms with Crippen molar-refractivity contribution in [3.8, 4) is 0 Å². The van der Waals surface area contributed by atoms with Gasteiger partial charge in [-0.05, 0) is 56.3 Å². The number of nitrogen functional groups attached to an aromatic ring is 1. The van der Waals surface area contributed by atoms with Gasteiger partial charge in [0.1, 0.15) is 0 Å². The van der Waals surface area contributed by atoms with Crippen LogP contribution in [0.5, 0.6) is 0 Å². The standard InChI is InChI=1S/C14H18N2O/c15-13-7-5-12(6-8-13)14(17)4-3-11-16-9-1-2-10-16/h3-8H,1-2,9-11,15H2. The van der Waals surface area contributed by atoms with Gasteiger partial charge in [-0.3, -0.25) is 9.69 Å². The Bertz CT molecular complexity index is 403. The maximum Gasteiger partial charge on any atom is 0.185 e. The van der Waals surface area contributed by atoms with E-state index in [0.717, 1.165) is 19.6 Å². The minimum Gasteiger partial charge on any atom is -0.399 e. The number of carbonyl (C=O) groups excluding carboxylic acids is 1. The summed E-state index contributed by atoms with van der Waals surface area (Å²) >= 11 is 0. The summed E-state index contributed by atoms with van der Waals surface area (Å²) in [5.74, 6) is 0.0456. The van der Waals surface area contributed by atoms with E-state index in [9.17, 15) is 4.79 Å². The van der Waals surface area contributed by atoms with Crippen molar-refractivity contribution in [2.24, 2.45) is 0 Å². The van der Waals surface area contributed by atoms with Crippen LogP contribution < -0.4 is 5.73 Å². The monoisotopic (exact) mass is 230 g/mol. The number of allylic oxidation sites excluding steroid dienone is 1. The lowest BCUT2D eigenvalue weighted by molar-refractivity contribution is 0.104. The summed E-state index contributed by atoms with van der Waals surface area (Å²) < 4.78 is 0.